The van der Waals surface area contributed by atoms with E-state index < -0.39 is 0 Å². The average Bonchev–Trinajstić information content (AvgIpc) is 2.32. The summed E-state index contributed by atoms with van der Waals surface area (Å²) in [6.07, 6.45) is 1.14. The molecule has 0 spiro atoms. The Kier molecular flexibility index (Phi) is 10.9. The topological polar surface area (TPSA) is 0 Å². The zero-order valence-electron chi connectivity index (χ0n) is 12.8. The number of allylic oxidation sites excluding steroid dienone is 1. The summed E-state index contributed by atoms with van der Waals surface area (Å²) in [6, 6.07) is 10.5. The molecular weight excluding hydrogens is 204 g/mol. The summed E-state index contributed by atoms with van der Waals surface area (Å²) in [5.74, 6) is 0. The van der Waals surface area contributed by atoms with E-state index in [-0.39, 0.29) is 0 Å². The lowest BCUT2D eigenvalue weighted by atomic mass is 9.89. The standard InChI is InChI=1S/C8H10.C7H14.C2H6/c1-2-8-6-4-3-5-7-8;1-6(2)7(3,4)5;1-2/h3-7H,2H2,1H3;1H2,2-5H3;1-2H3. The van der Waals surface area contributed by atoms with Crippen molar-refractivity contribution in [3.63, 3.8) is 0 Å². The van der Waals surface area contributed by atoms with E-state index in [9.17, 15) is 0 Å². The van der Waals surface area contributed by atoms with Crippen molar-refractivity contribution in [1.29, 1.82) is 0 Å². The molecule has 1 aromatic carbocycles. The molecule has 0 aliphatic heterocycles. The van der Waals surface area contributed by atoms with Gasteiger partial charge in [-0.2, -0.15) is 0 Å². The predicted molar refractivity (Wildman–Crippen MR) is 81.4 cm³/mol. The van der Waals surface area contributed by atoms with Crippen LogP contribution in [0.3, 0.4) is 0 Å². The Bertz CT molecular complexity index is 275. The minimum absolute atomic E-state index is 0.306. The molecule has 0 N–H and O–H groups in total. The molecule has 0 saturated heterocycles. The molecule has 0 amide bonds. The second-order valence-electron chi connectivity index (χ2n) is 4.87. The Hall–Kier alpha value is -1.04. The molecule has 17 heavy (non-hydrogen) atoms. The lowest BCUT2D eigenvalue weighted by Gasteiger charge is -2.16. The lowest BCUT2D eigenvalue weighted by Crippen LogP contribution is -2.04. The van der Waals surface area contributed by atoms with Gasteiger partial charge < -0.3 is 0 Å². The van der Waals surface area contributed by atoms with Crippen molar-refractivity contribution < 1.29 is 0 Å². The molecular formula is C17H30. The van der Waals surface area contributed by atoms with Crippen molar-refractivity contribution in [2.75, 3.05) is 0 Å². The molecule has 0 saturated carbocycles. The van der Waals surface area contributed by atoms with Gasteiger partial charge in [0.2, 0.25) is 0 Å². The van der Waals surface area contributed by atoms with Gasteiger partial charge in [0.15, 0.2) is 0 Å². The molecule has 1 aromatic rings. The molecule has 0 aromatic heterocycles. The zero-order chi connectivity index (χ0) is 13.9. The highest BCUT2D eigenvalue weighted by Crippen LogP contribution is 2.21. The highest BCUT2D eigenvalue weighted by Gasteiger charge is 2.08. The first-order chi connectivity index (χ1) is 7.88. The van der Waals surface area contributed by atoms with Crippen LogP contribution in [-0.4, -0.2) is 0 Å². The maximum Gasteiger partial charge on any atom is -0.0178 e. The van der Waals surface area contributed by atoms with E-state index in [2.05, 4.69) is 65.5 Å². The van der Waals surface area contributed by atoms with Crippen LogP contribution >= 0.6 is 0 Å². The Morgan fingerprint density at radius 2 is 1.41 bits per heavy atom. The van der Waals surface area contributed by atoms with E-state index in [0.717, 1.165) is 6.42 Å². The number of rotatable bonds is 1. The van der Waals surface area contributed by atoms with Gasteiger partial charge in [0.1, 0.15) is 0 Å². The third-order valence-corrected chi connectivity index (χ3v) is 2.53. The van der Waals surface area contributed by atoms with Crippen LogP contribution in [0.25, 0.3) is 0 Å². The van der Waals surface area contributed by atoms with E-state index >= 15 is 0 Å². The average molecular weight is 234 g/mol. The first-order valence-electron chi connectivity index (χ1n) is 6.57. The fourth-order valence-electron chi connectivity index (χ4n) is 0.714. The Morgan fingerprint density at radius 3 is 1.59 bits per heavy atom. The van der Waals surface area contributed by atoms with Gasteiger partial charge in [-0.05, 0) is 24.3 Å². The van der Waals surface area contributed by atoms with E-state index in [1.54, 1.807) is 0 Å². The molecule has 0 radical (unpaired) electrons. The van der Waals surface area contributed by atoms with Gasteiger partial charge in [-0.3, -0.25) is 0 Å². The molecule has 0 fully saturated rings. The van der Waals surface area contributed by atoms with Crippen LogP contribution in [0.1, 0.15) is 54.0 Å². The molecule has 0 aliphatic rings. The Balaban J connectivity index is 0. The molecule has 0 atom stereocenters. The summed E-state index contributed by atoms with van der Waals surface area (Å²) in [7, 11) is 0. The highest BCUT2D eigenvalue weighted by molar-refractivity contribution is 5.13. The predicted octanol–water partition coefficient (Wildman–Crippen LogP) is 5.88. The highest BCUT2D eigenvalue weighted by atomic mass is 14.1. The molecule has 0 nitrogen and oxygen atoms in total. The van der Waals surface area contributed by atoms with Crippen molar-refractivity contribution >= 4 is 0 Å². The fraction of sp³-hybridized carbons (Fsp3) is 0.529. The van der Waals surface area contributed by atoms with Crippen LogP contribution in [0, 0.1) is 5.41 Å². The lowest BCUT2D eigenvalue weighted by molar-refractivity contribution is 0.506. The second kappa shape index (κ2) is 10.1. The van der Waals surface area contributed by atoms with Crippen molar-refractivity contribution in [1.82, 2.24) is 0 Å². The summed E-state index contributed by atoms with van der Waals surface area (Å²) in [6.45, 7) is 18.5. The van der Waals surface area contributed by atoms with Crippen LogP contribution in [0.4, 0.5) is 0 Å². The number of benzene rings is 1. The van der Waals surface area contributed by atoms with Crippen molar-refractivity contribution in [2.24, 2.45) is 5.41 Å². The van der Waals surface area contributed by atoms with Crippen molar-refractivity contribution in [2.45, 2.75) is 54.9 Å². The Morgan fingerprint density at radius 1 is 1.06 bits per heavy atom. The summed E-state index contributed by atoms with van der Waals surface area (Å²) < 4.78 is 0. The monoisotopic (exact) mass is 234 g/mol. The number of aryl methyl sites for hydroxylation is 1. The van der Waals surface area contributed by atoms with Crippen molar-refractivity contribution in [3.05, 3.63) is 48.0 Å². The van der Waals surface area contributed by atoms with Gasteiger partial charge in [0.05, 0.1) is 0 Å². The van der Waals surface area contributed by atoms with Gasteiger partial charge in [-0.15, -0.1) is 0 Å². The normalized spacial score (nSPS) is 9.35. The molecule has 98 valence electrons. The largest absolute Gasteiger partial charge is 0.0996 e. The quantitative estimate of drug-likeness (QED) is 0.532. The van der Waals surface area contributed by atoms with E-state index in [1.807, 2.05) is 19.9 Å². The molecule has 0 heteroatoms. The third-order valence-electron chi connectivity index (χ3n) is 2.53. The summed E-state index contributed by atoms with van der Waals surface area (Å²) in [5.41, 5.74) is 2.96. The van der Waals surface area contributed by atoms with Crippen LogP contribution in [-0.2, 0) is 6.42 Å². The first kappa shape index (κ1) is 18.3. The fourth-order valence-corrected chi connectivity index (χ4v) is 0.714. The Labute approximate surface area is 109 Å². The second-order valence-corrected chi connectivity index (χ2v) is 4.87. The number of hydrogen-bond acceptors (Lipinski definition) is 0. The van der Waals surface area contributed by atoms with Gasteiger partial charge in [-0.1, -0.05) is 84.0 Å². The molecule has 0 unspecified atom stereocenters. The van der Waals surface area contributed by atoms with E-state index in [0.29, 0.717) is 5.41 Å². The minimum Gasteiger partial charge on any atom is -0.0996 e. The van der Waals surface area contributed by atoms with E-state index in [4.69, 9.17) is 0 Å². The minimum atomic E-state index is 0.306. The number of hydrogen-bond donors (Lipinski definition) is 0. The molecule has 1 rings (SSSR count). The summed E-state index contributed by atoms with van der Waals surface area (Å²) in [4.78, 5) is 0. The van der Waals surface area contributed by atoms with Crippen LogP contribution in [0.15, 0.2) is 42.5 Å². The van der Waals surface area contributed by atoms with Gasteiger partial charge in [-0.25, -0.2) is 0 Å². The van der Waals surface area contributed by atoms with Gasteiger partial charge >= 0.3 is 0 Å². The molecule has 0 heterocycles. The maximum absolute atomic E-state index is 3.83. The smallest absolute Gasteiger partial charge is 0.0178 e. The summed E-state index contributed by atoms with van der Waals surface area (Å²) in [5, 5.41) is 0. The molecule has 0 bridgehead atoms. The van der Waals surface area contributed by atoms with Crippen LogP contribution in [0.5, 0.6) is 0 Å². The van der Waals surface area contributed by atoms with E-state index in [1.165, 1.54) is 11.1 Å². The first-order valence-corrected chi connectivity index (χ1v) is 6.57. The third kappa shape index (κ3) is 11.2. The van der Waals surface area contributed by atoms with Crippen molar-refractivity contribution in [3.8, 4) is 0 Å². The van der Waals surface area contributed by atoms with Crippen LogP contribution < -0.4 is 0 Å². The summed E-state index contributed by atoms with van der Waals surface area (Å²) >= 11 is 0. The van der Waals surface area contributed by atoms with Gasteiger partial charge in [0.25, 0.3) is 0 Å². The van der Waals surface area contributed by atoms with Crippen LogP contribution in [0.2, 0.25) is 0 Å². The molecule has 0 aliphatic carbocycles. The van der Waals surface area contributed by atoms with Gasteiger partial charge in [0, 0.05) is 0 Å². The zero-order valence-corrected chi connectivity index (χ0v) is 12.8. The SMILES string of the molecule is C=C(C)C(C)(C)C.CC.CCc1ccccc1. The maximum atomic E-state index is 3.83.